The van der Waals surface area contributed by atoms with Crippen LogP contribution in [0.5, 0.6) is 0 Å². The van der Waals surface area contributed by atoms with E-state index in [0.717, 1.165) is 17.7 Å². The minimum atomic E-state index is -0.521. The third-order valence-electron chi connectivity index (χ3n) is 3.15. The van der Waals surface area contributed by atoms with Crippen molar-refractivity contribution in [1.29, 1.82) is 5.26 Å². The van der Waals surface area contributed by atoms with Gasteiger partial charge in [0.1, 0.15) is 11.6 Å². The third kappa shape index (κ3) is 4.88. The molecule has 1 amide bonds. The molecule has 1 aromatic rings. The second-order valence-electron chi connectivity index (χ2n) is 4.56. The average Bonchev–Trinajstić information content (AvgIpc) is 2.55. The summed E-state index contributed by atoms with van der Waals surface area (Å²) in [4.78, 5) is 13.4. The van der Waals surface area contributed by atoms with Crippen LogP contribution in [0.1, 0.15) is 12.5 Å². The Morgan fingerprint density at radius 1 is 1.32 bits per heavy atom. The highest BCUT2D eigenvalue weighted by atomic mass is 16.3. The monoisotopic (exact) mass is 303 g/mol. The van der Waals surface area contributed by atoms with Crippen molar-refractivity contribution >= 4 is 11.6 Å². The minimum absolute atomic E-state index is 0.0734. The predicted molar refractivity (Wildman–Crippen MR) is 83.9 cm³/mol. The summed E-state index contributed by atoms with van der Waals surface area (Å²) in [5, 5.41) is 30.0. The zero-order valence-electron chi connectivity index (χ0n) is 12.6. The summed E-state index contributed by atoms with van der Waals surface area (Å²) >= 11 is 0. The standard InChI is InChI=1S/C16H21N3O3/c1-2-13-5-3-4-6-15(13)18-12-14(11-17)16(22)19(7-9-20)8-10-21/h3-6,12,18,20-21H,2,7-10H2,1H3/b14-12-. The Labute approximate surface area is 130 Å². The van der Waals surface area contributed by atoms with Crippen molar-refractivity contribution in [3.8, 4) is 6.07 Å². The number of benzene rings is 1. The molecule has 3 N–H and O–H groups in total. The summed E-state index contributed by atoms with van der Waals surface area (Å²) in [6.07, 6.45) is 2.19. The molecule has 6 nitrogen and oxygen atoms in total. The second kappa shape index (κ2) is 9.55. The van der Waals surface area contributed by atoms with Gasteiger partial charge >= 0.3 is 0 Å². The highest BCUT2D eigenvalue weighted by Crippen LogP contribution is 2.16. The quantitative estimate of drug-likeness (QED) is 0.489. The van der Waals surface area contributed by atoms with E-state index < -0.39 is 5.91 Å². The van der Waals surface area contributed by atoms with Gasteiger partial charge in [0.05, 0.1) is 13.2 Å². The molecule has 0 aromatic heterocycles. The first-order chi connectivity index (χ1) is 10.7. The number of carbonyl (C=O) groups excluding carboxylic acids is 1. The summed E-state index contributed by atoms with van der Waals surface area (Å²) in [5.41, 5.74) is 1.83. The number of carbonyl (C=O) groups is 1. The molecule has 0 aliphatic heterocycles. The van der Waals surface area contributed by atoms with Gasteiger partial charge in [-0.15, -0.1) is 0 Å². The molecule has 0 saturated carbocycles. The molecule has 0 aliphatic rings. The number of hydrogen-bond donors (Lipinski definition) is 3. The number of rotatable bonds is 8. The van der Waals surface area contributed by atoms with Gasteiger partial charge < -0.3 is 20.4 Å². The zero-order valence-corrected chi connectivity index (χ0v) is 12.6. The van der Waals surface area contributed by atoms with Crippen LogP contribution in [-0.2, 0) is 11.2 Å². The largest absolute Gasteiger partial charge is 0.395 e. The molecule has 0 fully saturated rings. The molecule has 22 heavy (non-hydrogen) atoms. The number of aliphatic hydroxyl groups is 2. The second-order valence-corrected chi connectivity index (χ2v) is 4.56. The van der Waals surface area contributed by atoms with Gasteiger partial charge in [-0.05, 0) is 18.1 Å². The Hall–Kier alpha value is -2.36. The Morgan fingerprint density at radius 2 is 1.95 bits per heavy atom. The van der Waals surface area contributed by atoms with E-state index in [4.69, 9.17) is 15.5 Å². The van der Waals surface area contributed by atoms with Gasteiger partial charge in [-0.2, -0.15) is 5.26 Å². The molecular weight excluding hydrogens is 282 g/mol. The lowest BCUT2D eigenvalue weighted by Crippen LogP contribution is -2.36. The number of nitrogens with zero attached hydrogens (tertiary/aromatic N) is 2. The molecule has 0 spiro atoms. The molecule has 0 radical (unpaired) electrons. The Morgan fingerprint density at radius 3 is 2.50 bits per heavy atom. The van der Waals surface area contributed by atoms with Gasteiger partial charge in [0.15, 0.2) is 0 Å². The molecule has 0 aliphatic carbocycles. The highest BCUT2D eigenvalue weighted by Gasteiger charge is 2.17. The molecular formula is C16H21N3O3. The number of aryl methyl sites for hydroxylation is 1. The van der Waals surface area contributed by atoms with E-state index in [2.05, 4.69) is 5.32 Å². The van der Waals surface area contributed by atoms with E-state index >= 15 is 0 Å². The first-order valence-electron chi connectivity index (χ1n) is 7.13. The number of amides is 1. The van der Waals surface area contributed by atoms with Crippen molar-refractivity contribution in [2.24, 2.45) is 0 Å². The molecule has 0 heterocycles. The molecule has 1 rings (SSSR count). The van der Waals surface area contributed by atoms with E-state index in [9.17, 15) is 4.79 Å². The third-order valence-corrected chi connectivity index (χ3v) is 3.15. The van der Waals surface area contributed by atoms with Gasteiger partial charge in [-0.3, -0.25) is 4.79 Å². The zero-order chi connectivity index (χ0) is 16.4. The fourth-order valence-electron chi connectivity index (χ4n) is 1.99. The normalized spacial score (nSPS) is 10.9. The Kier molecular flexibility index (Phi) is 7.68. The number of nitriles is 1. The van der Waals surface area contributed by atoms with Gasteiger partial charge in [-0.1, -0.05) is 25.1 Å². The number of aliphatic hydroxyl groups excluding tert-OH is 2. The van der Waals surface area contributed by atoms with Crippen molar-refractivity contribution in [2.75, 3.05) is 31.6 Å². The lowest BCUT2D eigenvalue weighted by Gasteiger charge is -2.20. The number of anilines is 1. The van der Waals surface area contributed by atoms with Crippen LogP contribution in [0, 0.1) is 11.3 Å². The van der Waals surface area contributed by atoms with Crippen LogP contribution in [0.4, 0.5) is 5.69 Å². The number of hydrogen-bond acceptors (Lipinski definition) is 5. The lowest BCUT2D eigenvalue weighted by atomic mass is 10.1. The van der Waals surface area contributed by atoms with Crippen molar-refractivity contribution in [1.82, 2.24) is 4.90 Å². The maximum atomic E-state index is 12.2. The molecule has 0 bridgehead atoms. The summed E-state index contributed by atoms with van der Waals surface area (Å²) < 4.78 is 0. The van der Waals surface area contributed by atoms with Crippen LogP contribution in [0.2, 0.25) is 0 Å². The first kappa shape index (κ1) is 17.7. The molecule has 0 atom stereocenters. The summed E-state index contributed by atoms with van der Waals surface area (Å²) in [5.74, 6) is -0.521. The van der Waals surface area contributed by atoms with Crippen molar-refractivity contribution < 1.29 is 15.0 Å². The van der Waals surface area contributed by atoms with Gasteiger partial charge in [0, 0.05) is 25.0 Å². The molecule has 118 valence electrons. The summed E-state index contributed by atoms with van der Waals surface area (Å²) in [6, 6.07) is 9.48. The van der Waals surface area contributed by atoms with Crippen molar-refractivity contribution in [2.45, 2.75) is 13.3 Å². The van der Waals surface area contributed by atoms with Gasteiger partial charge in [-0.25, -0.2) is 0 Å². The fourth-order valence-corrected chi connectivity index (χ4v) is 1.99. The molecule has 1 aromatic carbocycles. The van der Waals surface area contributed by atoms with Crippen LogP contribution >= 0.6 is 0 Å². The summed E-state index contributed by atoms with van der Waals surface area (Å²) in [6.45, 7) is 1.71. The molecule has 0 saturated heterocycles. The van der Waals surface area contributed by atoms with Crippen molar-refractivity contribution in [3.05, 3.63) is 41.6 Å². The fraction of sp³-hybridized carbons (Fsp3) is 0.375. The highest BCUT2D eigenvalue weighted by molar-refractivity contribution is 5.97. The Bertz CT molecular complexity index is 558. The van der Waals surface area contributed by atoms with Crippen LogP contribution in [-0.4, -0.2) is 47.3 Å². The Balaban J connectivity index is 2.90. The van der Waals surface area contributed by atoms with Gasteiger partial charge in [0.2, 0.25) is 0 Å². The van der Waals surface area contributed by atoms with Gasteiger partial charge in [0.25, 0.3) is 5.91 Å². The van der Waals surface area contributed by atoms with Crippen LogP contribution < -0.4 is 5.32 Å². The smallest absolute Gasteiger partial charge is 0.266 e. The van der Waals surface area contributed by atoms with E-state index in [1.165, 1.54) is 11.1 Å². The van der Waals surface area contributed by atoms with Crippen LogP contribution in [0.15, 0.2) is 36.0 Å². The topological polar surface area (TPSA) is 96.6 Å². The maximum absolute atomic E-state index is 12.2. The number of para-hydroxylation sites is 1. The van der Waals surface area contributed by atoms with Crippen LogP contribution in [0.3, 0.4) is 0 Å². The minimum Gasteiger partial charge on any atom is -0.395 e. The van der Waals surface area contributed by atoms with Crippen molar-refractivity contribution in [3.63, 3.8) is 0 Å². The lowest BCUT2D eigenvalue weighted by molar-refractivity contribution is -0.127. The molecule has 6 heteroatoms. The first-order valence-corrected chi connectivity index (χ1v) is 7.13. The molecule has 0 unspecified atom stereocenters. The average molecular weight is 303 g/mol. The predicted octanol–water partition coefficient (Wildman–Crippen LogP) is 0.882. The van der Waals surface area contributed by atoms with Crippen LogP contribution in [0.25, 0.3) is 0 Å². The van der Waals surface area contributed by atoms with E-state index in [1.807, 2.05) is 37.3 Å². The number of nitrogens with one attached hydrogen (secondary N) is 1. The van der Waals surface area contributed by atoms with E-state index in [0.29, 0.717) is 0 Å². The van der Waals surface area contributed by atoms with E-state index in [1.54, 1.807) is 0 Å². The van der Waals surface area contributed by atoms with E-state index in [-0.39, 0.29) is 31.9 Å². The summed E-state index contributed by atoms with van der Waals surface area (Å²) in [7, 11) is 0. The maximum Gasteiger partial charge on any atom is 0.266 e. The SMILES string of the molecule is CCc1ccccc1N/C=C(/C#N)C(=O)N(CCO)CCO.